The van der Waals surface area contributed by atoms with Crippen LogP contribution in [0.5, 0.6) is 0 Å². The maximum atomic E-state index is 11.0. The van der Waals surface area contributed by atoms with Crippen molar-refractivity contribution in [3.63, 3.8) is 0 Å². The average molecular weight is 280 g/mol. The van der Waals surface area contributed by atoms with Crippen LogP contribution in [0.2, 0.25) is 0 Å². The molecule has 0 atom stereocenters. The molecule has 0 unspecified atom stereocenters. The quantitative estimate of drug-likeness (QED) is 0.670. The van der Waals surface area contributed by atoms with Crippen molar-refractivity contribution >= 4 is 22.6 Å². The van der Waals surface area contributed by atoms with Gasteiger partial charge in [0.05, 0.1) is 0 Å². The Morgan fingerprint density at radius 1 is 1.10 bits per heavy atom. The number of carboxylic acid groups (broad SMARTS) is 1. The molecule has 0 aliphatic rings. The molecule has 0 saturated heterocycles. The van der Waals surface area contributed by atoms with Crippen LogP contribution in [0, 0.1) is 0 Å². The van der Waals surface area contributed by atoms with E-state index in [0.29, 0.717) is 0 Å². The van der Waals surface area contributed by atoms with E-state index in [4.69, 9.17) is 5.11 Å². The van der Waals surface area contributed by atoms with E-state index < -0.39 is 5.97 Å². The largest absolute Gasteiger partial charge is 0.477 e. The molecule has 0 spiro atoms. The number of nitrogens with one attached hydrogen (secondary N) is 2. The minimum absolute atomic E-state index is 0.210. The Labute approximate surface area is 122 Å². The second kappa shape index (κ2) is 5.71. The van der Waals surface area contributed by atoms with Crippen LogP contribution in [-0.4, -0.2) is 22.6 Å². The molecule has 106 valence electrons. The fourth-order valence-corrected chi connectivity index (χ4v) is 2.41. The van der Waals surface area contributed by atoms with Crippen molar-refractivity contribution in [2.45, 2.75) is 6.42 Å². The van der Waals surface area contributed by atoms with Gasteiger partial charge >= 0.3 is 5.97 Å². The number of carbonyl (C=O) groups is 1. The Morgan fingerprint density at radius 2 is 1.90 bits per heavy atom. The number of hydrogen-bond donors (Lipinski definition) is 3. The van der Waals surface area contributed by atoms with Crippen LogP contribution in [0.15, 0.2) is 54.6 Å². The summed E-state index contributed by atoms with van der Waals surface area (Å²) in [5.74, 6) is -0.943. The normalized spacial score (nSPS) is 10.7. The molecular weight excluding hydrogens is 264 g/mol. The van der Waals surface area contributed by atoms with Crippen LogP contribution in [0.3, 0.4) is 0 Å². The molecule has 3 aromatic rings. The molecule has 0 aliphatic carbocycles. The maximum absolute atomic E-state index is 11.0. The van der Waals surface area contributed by atoms with Crippen molar-refractivity contribution < 1.29 is 9.90 Å². The fourth-order valence-electron chi connectivity index (χ4n) is 2.41. The summed E-state index contributed by atoms with van der Waals surface area (Å²) in [6, 6.07) is 17.7. The van der Waals surface area contributed by atoms with Gasteiger partial charge in [-0.1, -0.05) is 36.4 Å². The van der Waals surface area contributed by atoms with Crippen molar-refractivity contribution in [3.8, 4) is 0 Å². The van der Waals surface area contributed by atoms with Gasteiger partial charge in [-0.25, -0.2) is 4.79 Å². The Hall–Kier alpha value is -2.75. The van der Waals surface area contributed by atoms with Crippen LogP contribution >= 0.6 is 0 Å². The van der Waals surface area contributed by atoms with Gasteiger partial charge in [0, 0.05) is 23.1 Å². The number of rotatable bonds is 5. The molecule has 0 bridgehead atoms. The van der Waals surface area contributed by atoms with Gasteiger partial charge in [0.15, 0.2) is 0 Å². The molecule has 2 aromatic carbocycles. The van der Waals surface area contributed by atoms with Crippen molar-refractivity contribution in [1.29, 1.82) is 0 Å². The monoisotopic (exact) mass is 280 g/mol. The molecule has 3 rings (SSSR count). The van der Waals surface area contributed by atoms with Crippen molar-refractivity contribution in [3.05, 3.63) is 65.9 Å². The molecular formula is C17H16N2O2. The predicted octanol–water partition coefficient (Wildman–Crippen LogP) is 3.52. The fraction of sp³-hybridized carbons (Fsp3) is 0.118. The molecule has 0 saturated carbocycles. The van der Waals surface area contributed by atoms with Gasteiger partial charge < -0.3 is 15.4 Å². The van der Waals surface area contributed by atoms with Crippen LogP contribution in [0.1, 0.15) is 16.1 Å². The number of anilines is 1. The van der Waals surface area contributed by atoms with Gasteiger partial charge in [-0.2, -0.15) is 0 Å². The SMILES string of the molecule is O=C(O)c1cc2c(NCCc3ccccc3)cccc2[nH]1. The molecule has 21 heavy (non-hydrogen) atoms. The third kappa shape index (κ3) is 2.89. The van der Waals surface area contributed by atoms with Crippen LogP contribution in [0.4, 0.5) is 5.69 Å². The summed E-state index contributed by atoms with van der Waals surface area (Å²) in [5, 5.41) is 13.3. The summed E-state index contributed by atoms with van der Waals surface area (Å²) in [4.78, 5) is 13.9. The Morgan fingerprint density at radius 3 is 2.67 bits per heavy atom. The number of H-pyrrole nitrogens is 1. The third-order valence-electron chi connectivity index (χ3n) is 3.47. The van der Waals surface area contributed by atoms with E-state index in [-0.39, 0.29) is 5.69 Å². The van der Waals surface area contributed by atoms with Gasteiger partial charge in [-0.3, -0.25) is 0 Å². The van der Waals surface area contributed by atoms with E-state index in [1.807, 2.05) is 36.4 Å². The standard InChI is InChI=1S/C17H16N2O2/c20-17(21)16-11-13-14(7-4-8-15(13)19-16)18-10-9-12-5-2-1-3-6-12/h1-8,11,18-19H,9-10H2,(H,20,21). The molecule has 0 fully saturated rings. The number of fused-ring (bicyclic) bond motifs is 1. The lowest BCUT2D eigenvalue weighted by Crippen LogP contribution is -2.04. The van der Waals surface area contributed by atoms with Gasteiger partial charge in [-0.05, 0) is 30.2 Å². The van der Waals surface area contributed by atoms with Gasteiger partial charge in [0.1, 0.15) is 5.69 Å². The van der Waals surface area contributed by atoms with Crippen molar-refractivity contribution in [2.24, 2.45) is 0 Å². The number of aromatic carboxylic acids is 1. The molecule has 1 aromatic heterocycles. The van der Waals surface area contributed by atoms with E-state index in [0.717, 1.165) is 29.6 Å². The molecule has 0 amide bonds. The number of carboxylic acids is 1. The highest BCUT2D eigenvalue weighted by molar-refractivity contribution is 5.99. The Kier molecular flexibility index (Phi) is 3.60. The first-order chi connectivity index (χ1) is 10.2. The topological polar surface area (TPSA) is 65.1 Å². The van der Waals surface area contributed by atoms with Crippen molar-refractivity contribution in [2.75, 3.05) is 11.9 Å². The first kappa shape index (κ1) is 13.2. The summed E-state index contributed by atoms with van der Waals surface area (Å²) in [7, 11) is 0. The third-order valence-corrected chi connectivity index (χ3v) is 3.47. The highest BCUT2D eigenvalue weighted by atomic mass is 16.4. The molecule has 4 heteroatoms. The lowest BCUT2D eigenvalue weighted by atomic mass is 10.1. The first-order valence-corrected chi connectivity index (χ1v) is 6.87. The Balaban J connectivity index is 1.76. The van der Waals surface area contributed by atoms with Crippen LogP contribution in [0.25, 0.3) is 10.9 Å². The van der Waals surface area contributed by atoms with E-state index in [1.54, 1.807) is 6.07 Å². The highest BCUT2D eigenvalue weighted by Gasteiger charge is 2.09. The number of hydrogen-bond acceptors (Lipinski definition) is 2. The highest BCUT2D eigenvalue weighted by Crippen LogP contribution is 2.24. The number of aromatic nitrogens is 1. The maximum Gasteiger partial charge on any atom is 0.352 e. The van der Waals surface area contributed by atoms with Crippen LogP contribution in [-0.2, 0) is 6.42 Å². The number of aromatic amines is 1. The predicted molar refractivity (Wildman–Crippen MR) is 83.9 cm³/mol. The Bertz CT molecular complexity index is 763. The zero-order chi connectivity index (χ0) is 14.7. The van der Waals surface area contributed by atoms with Gasteiger partial charge in [0.25, 0.3) is 0 Å². The second-order valence-corrected chi connectivity index (χ2v) is 4.92. The molecule has 0 aliphatic heterocycles. The van der Waals surface area contributed by atoms with Gasteiger partial charge in [0.2, 0.25) is 0 Å². The van der Waals surface area contributed by atoms with E-state index >= 15 is 0 Å². The van der Waals surface area contributed by atoms with E-state index in [9.17, 15) is 4.79 Å². The van der Waals surface area contributed by atoms with Crippen molar-refractivity contribution in [1.82, 2.24) is 4.98 Å². The van der Waals surface area contributed by atoms with Crippen LogP contribution < -0.4 is 5.32 Å². The number of benzene rings is 2. The molecule has 1 heterocycles. The molecule has 3 N–H and O–H groups in total. The zero-order valence-electron chi connectivity index (χ0n) is 11.5. The first-order valence-electron chi connectivity index (χ1n) is 6.87. The molecule has 4 nitrogen and oxygen atoms in total. The minimum Gasteiger partial charge on any atom is -0.477 e. The summed E-state index contributed by atoms with van der Waals surface area (Å²) < 4.78 is 0. The average Bonchev–Trinajstić information content (AvgIpc) is 2.94. The van der Waals surface area contributed by atoms with E-state index in [1.165, 1.54) is 5.56 Å². The lowest BCUT2D eigenvalue weighted by molar-refractivity contribution is 0.0691. The van der Waals surface area contributed by atoms with E-state index in [2.05, 4.69) is 22.4 Å². The summed E-state index contributed by atoms with van der Waals surface area (Å²) in [6.45, 7) is 0.802. The minimum atomic E-state index is -0.943. The lowest BCUT2D eigenvalue weighted by Gasteiger charge is -2.07. The zero-order valence-corrected chi connectivity index (χ0v) is 11.5. The summed E-state index contributed by atoms with van der Waals surface area (Å²) in [6.07, 6.45) is 0.924. The summed E-state index contributed by atoms with van der Waals surface area (Å²) >= 11 is 0. The van der Waals surface area contributed by atoms with Gasteiger partial charge in [-0.15, -0.1) is 0 Å². The molecule has 0 radical (unpaired) electrons. The second-order valence-electron chi connectivity index (χ2n) is 4.92. The smallest absolute Gasteiger partial charge is 0.352 e. The summed E-state index contributed by atoms with van der Waals surface area (Å²) in [5.41, 5.74) is 3.27.